The molecule has 4 rings (SSSR count). The van der Waals surface area contributed by atoms with E-state index in [2.05, 4.69) is 21.3 Å². The van der Waals surface area contributed by atoms with Crippen LogP contribution >= 0.6 is 0 Å². The molecule has 7 nitrogen and oxygen atoms in total. The van der Waals surface area contributed by atoms with Crippen molar-refractivity contribution >= 4 is 11.7 Å². The third kappa shape index (κ3) is 3.66. The third-order valence-corrected chi connectivity index (χ3v) is 4.42. The second-order valence-electron chi connectivity index (χ2n) is 6.12. The Kier molecular flexibility index (Phi) is 4.39. The van der Waals surface area contributed by atoms with Crippen molar-refractivity contribution in [2.75, 3.05) is 38.3 Å². The fraction of sp³-hybridized carbons (Fsp3) is 0.333. The van der Waals surface area contributed by atoms with Gasteiger partial charge >= 0.3 is 6.03 Å². The summed E-state index contributed by atoms with van der Waals surface area (Å²) in [5.74, 6) is 1.62. The number of fused-ring (bicyclic) bond motifs is 1. The number of carbonyl (C=O) groups is 1. The number of benzene rings is 1. The van der Waals surface area contributed by atoms with Crippen LogP contribution in [0.2, 0.25) is 0 Å². The molecule has 0 radical (unpaired) electrons. The molecule has 2 aromatic rings. The number of nitrogens with zero attached hydrogens (tertiary/aromatic N) is 3. The molecule has 0 bridgehead atoms. The average molecular weight is 340 g/mol. The van der Waals surface area contributed by atoms with Crippen LogP contribution in [0.5, 0.6) is 11.5 Å². The van der Waals surface area contributed by atoms with Gasteiger partial charge in [0.25, 0.3) is 0 Å². The van der Waals surface area contributed by atoms with Gasteiger partial charge in [-0.2, -0.15) is 0 Å². The lowest BCUT2D eigenvalue weighted by Crippen LogP contribution is -2.49. The van der Waals surface area contributed by atoms with Crippen LogP contribution in [0.3, 0.4) is 0 Å². The van der Waals surface area contributed by atoms with E-state index < -0.39 is 0 Å². The van der Waals surface area contributed by atoms with Crippen molar-refractivity contribution in [2.24, 2.45) is 0 Å². The maximum Gasteiger partial charge on any atom is 0.321 e. The Morgan fingerprint density at radius 2 is 1.96 bits per heavy atom. The fourth-order valence-electron chi connectivity index (χ4n) is 3.05. The summed E-state index contributed by atoms with van der Waals surface area (Å²) >= 11 is 0. The first-order valence-electron chi connectivity index (χ1n) is 8.35. The van der Waals surface area contributed by atoms with Crippen molar-refractivity contribution in [2.45, 2.75) is 6.54 Å². The number of carbonyl (C=O) groups excluding carboxylic acids is 1. The Morgan fingerprint density at radius 1 is 1.12 bits per heavy atom. The highest BCUT2D eigenvalue weighted by Gasteiger charge is 2.22. The first-order chi connectivity index (χ1) is 12.3. The van der Waals surface area contributed by atoms with Crippen LogP contribution in [0.4, 0.5) is 10.5 Å². The number of piperazine rings is 1. The molecule has 2 aliphatic heterocycles. The van der Waals surface area contributed by atoms with Crippen LogP contribution in [-0.2, 0) is 6.54 Å². The average Bonchev–Trinajstić information content (AvgIpc) is 3.11. The van der Waals surface area contributed by atoms with E-state index in [4.69, 9.17) is 9.47 Å². The predicted molar refractivity (Wildman–Crippen MR) is 92.7 cm³/mol. The third-order valence-electron chi connectivity index (χ3n) is 4.42. The number of amides is 2. The quantitative estimate of drug-likeness (QED) is 0.927. The first-order valence-corrected chi connectivity index (χ1v) is 8.35. The van der Waals surface area contributed by atoms with Crippen molar-refractivity contribution in [1.29, 1.82) is 0 Å². The van der Waals surface area contributed by atoms with Crippen molar-refractivity contribution in [3.05, 3.63) is 48.3 Å². The van der Waals surface area contributed by atoms with Gasteiger partial charge in [-0.3, -0.25) is 9.88 Å². The summed E-state index contributed by atoms with van der Waals surface area (Å²) < 4.78 is 10.8. The molecule has 1 aromatic carbocycles. The van der Waals surface area contributed by atoms with E-state index in [9.17, 15) is 4.79 Å². The molecule has 25 heavy (non-hydrogen) atoms. The molecule has 1 saturated heterocycles. The number of urea groups is 1. The van der Waals surface area contributed by atoms with Gasteiger partial charge in [-0.15, -0.1) is 0 Å². The minimum atomic E-state index is -0.0734. The number of hydrogen-bond acceptors (Lipinski definition) is 5. The van der Waals surface area contributed by atoms with Crippen molar-refractivity contribution in [3.8, 4) is 11.5 Å². The van der Waals surface area contributed by atoms with Gasteiger partial charge < -0.3 is 19.7 Å². The molecule has 1 fully saturated rings. The fourth-order valence-corrected chi connectivity index (χ4v) is 3.05. The molecule has 1 aromatic heterocycles. The Balaban J connectivity index is 1.29. The molecule has 130 valence electrons. The number of nitrogens with one attached hydrogen (secondary N) is 1. The van der Waals surface area contributed by atoms with Gasteiger partial charge in [0, 0.05) is 38.9 Å². The largest absolute Gasteiger partial charge is 0.454 e. The van der Waals surface area contributed by atoms with E-state index in [0.29, 0.717) is 19.9 Å². The highest BCUT2D eigenvalue weighted by molar-refractivity contribution is 5.89. The predicted octanol–water partition coefficient (Wildman–Crippen LogP) is 2.16. The van der Waals surface area contributed by atoms with Crippen LogP contribution in [-0.4, -0.2) is 53.8 Å². The number of ether oxygens (including phenoxy) is 2. The molecule has 1 N–H and O–H groups in total. The zero-order valence-electron chi connectivity index (χ0n) is 13.9. The summed E-state index contributed by atoms with van der Waals surface area (Å²) in [7, 11) is 0. The number of rotatable bonds is 3. The molecule has 0 spiro atoms. The standard InChI is InChI=1S/C18H20N4O3/c23-18(20-15-2-1-5-19-11-15)22-8-6-21(7-9-22)12-14-3-4-16-17(10-14)25-13-24-16/h1-5,10-11H,6-9,12-13H2,(H,20,23). The summed E-state index contributed by atoms with van der Waals surface area (Å²) in [6.07, 6.45) is 3.33. The first kappa shape index (κ1) is 15.7. The van der Waals surface area contributed by atoms with E-state index >= 15 is 0 Å². The monoisotopic (exact) mass is 340 g/mol. The molecule has 0 atom stereocenters. The smallest absolute Gasteiger partial charge is 0.321 e. The Labute approximate surface area is 146 Å². The second-order valence-corrected chi connectivity index (χ2v) is 6.12. The molecular weight excluding hydrogens is 320 g/mol. The summed E-state index contributed by atoms with van der Waals surface area (Å²) in [4.78, 5) is 20.5. The maximum absolute atomic E-state index is 12.3. The highest BCUT2D eigenvalue weighted by Crippen LogP contribution is 2.32. The van der Waals surface area contributed by atoms with Crippen LogP contribution in [0.25, 0.3) is 0 Å². The van der Waals surface area contributed by atoms with Gasteiger partial charge in [-0.05, 0) is 29.8 Å². The van der Waals surface area contributed by atoms with Crippen molar-refractivity contribution < 1.29 is 14.3 Å². The van der Waals surface area contributed by atoms with Crippen LogP contribution in [0.15, 0.2) is 42.7 Å². The highest BCUT2D eigenvalue weighted by atomic mass is 16.7. The number of aromatic nitrogens is 1. The number of pyridine rings is 1. The summed E-state index contributed by atoms with van der Waals surface area (Å²) in [5, 5.41) is 2.88. The zero-order valence-corrected chi connectivity index (χ0v) is 13.9. The number of hydrogen-bond donors (Lipinski definition) is 1. The van der Waals surface area contributed by atoms with Gasteiger partial charge in [-0.1, -0.05) is 6.07 Å². The van der Waals surface area contributed by atoms with Crippen LogP contribution < -0.4 is 14.8 Å². The summed E-state index contributed by atoms with van der Waals surface area (Å²) in [6, 6.07) is 9.61. The van der Waals surface area contributed by atoms with Crippen LogP contribution in [0, 0.1) is 0 Å². The lowest BCUT2D eigenvalue weighted by Gasteiger charge is -2.34. The molecule has 2 aliphatic rings. The SMILES string of the molecule is O=C(Nc1cccnc1)N1CCN(Cc2ccc3c(c2)OCO3)CC1. The molecule has 0 aliphatic carbocycles. The van der Waals surface area contributed by atoms with Crippen molar-refractivity contribution in [1.82, 2.24) is 14.8 Å². The Morgan fingerprint density at radius 3 is 2.76 bits per heavy atom. The van der Waals surface area contributed by atoms with E-state index in [-0.39, 0.29) is 6.03 Å². The lowest BCUT2D eigenvalue weighted by atomic mass is 10.1. The van der Waals surface area contributed by atoms with Gasteiger partial charge in [-0.25, -0.2) is 4.79 Å². The Hall–Kier alpha value is -2.80. The van der Waals surface area contributed by atoms with Gasteiger partial charge in [0.15, 0.2) is 11.5 Å². The molecule has 3 heterocycles. The molecular formula is C18H20N4O3. The van der Waals surface area contributed by atoms with Gasteiger partial charge in [0.1, 0.15) is 0 Å². The normalized spacial score (nSPS) is 16.7. The summed E-state index contributed by atoms with van der Waals surface area (Å²) in [6.45, 7) is 4.23. The van der Waals surface area contributed by atoms with Crippen molar-refractivity contribution in [3.63, 3.8) is 0 Å². The van der Waals surface area contributed by atoms with Crippen LogP contribution in [0.1, 0.15) is 5.56 Å². The van der Waals surface area contributed by atoms with E-state index in [0.717, 1.165) is 36.8 Å². The van der Waals surface area contributed by atoms with Gasteiger partial charge in [0.2, 0.25) is 6.79 Å². The minimum absolute atomic E-state index is 0.0734. The maximum atomic E-state index is 12.3. The number of anilines is 1. The molecule has 7 heteroatoms. The van der Waals surface area contributed by atoms with E-state index in [1.807, 2.05) is 23.1 Å². The Bertz CT molecular complexity index is 745. The zero-order chi connectivity index (χ0) is 17.1. The molecule has 0 unspecified atom stereocenters. The lowest BCUT2D eigenvalue weighted by molar-refractivity contribution is 0.143. The topological polar surface area (TPSA) is 66.9 Å². The molecule has 2 amide bonds. The molecule has 0 saturated carbocycles. The summed E-state index contributed by atoms with van der Waals surface area (Å²) in [5.41, 5.74) is 1.91. The minimum Gasteiger partial charge on any atom is -0.454 e. The van der Waals surface area contributed by atoms with E-state index in [1.165, 1.54) is 5.56 Å². The van der Waals surface area contributed by atoms with E-state index in [1.54, 1.807) is 18.5 Å². The van der Waals surface area contributed by atoms with Gasteiger partial charge in [0.05, 0.1) is 11.9 Å². The second kappa shape index (κ2) is 6.98.